The van der Waals surface area contributed by atoms with Crippen LogP contribution in [0.15, 0.2) is 34.0 Å². The lowest BCUT2D eigenvalue weighted by Crippen LogP contribution is -2.48. The second kappa shape index (κ2) is 12.0. The van der Waals surface area contributed by atoms with Gasteiger partial charge in [0.2, 0.25) is 0 Å². The summed E-state index contributed by atoms with van der Waals surface area (Å²) in [5.74, 6) is -0.931. The third-order valence-electron chi connectivity index (χ3n) is 6.85. The van der Waals surface area contributed by atoms with Crippen molar-refractivity contribution in [2.45, 2.75) is 33.2 Å². The molecule has 2 fully saturated rings. The van der Waals surface area contributed by atoms with E-state index in [0.717, 1.165) is 17.4 Å². The lowest BCUT2D eigenvalue weighted by Gasteiger charge is -2.39. The van der Waals surface area contributed by atoms with Crippen molar-refractivity contribution < 1.29 is 19.1 Å². The van der Waals surface area contributed by atoms with Gasteiger partial charge in [0.15, 0.2) is 0 Å². The van der Waals surface area contributed by atoms with E-state index in [1.807, 2.05) is 13.0 Å². The van der Waals surface area contributed by atoms with Crippen LogP contribution in [0.1, 0.15) is 36.5 Å². The summed E-state index contributed by atoms with van der Waals surface area (Å²) < 4.78 is 15.3. The number of hydrogen-bond donors (Lipinski definition) is 1. The number of thioether (sulfide) groups is 1. The average molecular weight is 570 g/mol. The van der Waals surface area contributed by atoms with Crippen LogP contribution < -0.4 is 15.4 Å². The second-order valence-corrected chi connectivity index (χ2v) is 10.9. The summed E-state index contributed by atoms with van der Waals surface area (Å²) >= 11 is 6.52. The van der Waals surface area contributed by atoms with Gasteiger partial charge >= 0.3 is 5.97 Å². The zero-order valence-electron chi connectivity index (χ0n) is 21.6. The van der Waals surface area contributed by atoms with E-state index in [1.54, 1.807) is 29.7 Å². The molecule has 204 valence electrons. The number of pyridine rings is 1. The van der Waals surface area contributed by atoms with Crippen LogP contribution in [0.2, 0.25) is 0 Å². The Bertz CT molecular complexity index is 1440. The van der Waals surface area contributed by atoms with Crippen molar-refractivity contribution in [2.24, 2.45) is 0 Å². The first-order valence-corrected chi connectivity index (χ1v) is 13.8. The molecule has 2 saturated heterocycles. The summed E-state index contributed by atoms with van der Waals surface area (Å²) in [6.07, 6.45) is 1.90. The minimum atomic E-state index is -0.943. The highest BCUT2D eigenvalue weighted by atomic mass is 32.2. The highest BCUT2D eigenvalue weighted by Crippen LogP contribution is 2.36. The number of amides is 1. The Hall–Kier alpha value is -3.69. The average Bonchev–Trinajstić information content (AvgIpc) is 3.18. The molecule has 0 aliphatic carbocycles. The zero-order chi connectivity index (χ0) is 28.3. The summed E-state index contributed by atoms with van der Waals surface area (Å²) in [4.78, 5) is 43.4. The fraction of sp³-hybridized carbons (Fsp3) is 0.370. The Morgan fingerprint density at radius 1 is 1.18 bits per heavy atom. The molecule has 4 rings (SSSR count). The number of piperazine rings is 1. The largest absolute Gasteiger partial charge is 0.481 e. The maximum Gasteiger partial charge on any atom is 0.303 e. The topological polar surface area (TPSA) is 110 Å². The van der Waals surface area contributed by atoms with Gasteiger partial charge in [-0.25, -0.2) is 4.39 Å². The number of nitriles is 1. The fourth-order valence-electron chi connectivity index (χ4n) is 4.82. The lowest BCUT2D eigenvalue weighted by molar-refractivity contribution is -0.137. The van der Waals surface area contributed by atoms with E-state index in [2.05, 4.69) is 9.80 Å². The van der Waals surface area contributed by atoms with Crippen LogP contribution in [0.4, 0.5) is 15.9 Å². The van der Waals surface area contributed by atoms with Crippen LogP contribution in [-0.2, 0) is 16.1 Å². The number of carbonyl (C=O) groups is 2. The molecular formula is C27H28FN5O4S2. The van der Waals surface area contributed by atoms with Crippen LogP contribution >= 0.6 is 24.0 Å². The molecule has 3 heterocycles. The summed E-state index contributed by atoms with van der Waals surface area (Å²) in [5.41, 5.74) is 1.64. The van der Waals surface area contributed by atoms with Gasteiger partial charge in [-0.15, -0.1) is 0 Å². The van der Waals surface area contributed by atoms with Gasteiger partial charge in [0, 0.05) is 56.9 Å². The van der Waals surface area contributed by atoms with Gasteiger partial charge in [0.05, 0.1) is 4.91 Å². The van der Waals surface area contributed by atoms with E-state index < -0.39 is 5.97 Å². The van der Waals surface area contributed by atoms with Gasteiger partial charge in [-0.1, -0.05) is 24.0 Å². The van der Waals surface area contributed by atoms with Crippen LogP contribution in [0.5, 0.6) is 0 Å². The summed E-state index contributed by atoms with van der Waals surface area (Å²) in [6, 6.07) is 8.36. The number of nitrogens with zero attached hydrogens (tertiary/aromatic N) is 5. The van der Waals surface area contributed by atoms with Gasteiger partial charge in [0.25, 0.3) is 11.5 Å². The maximum atomic E-state index is 13.4. The number of aromatic nitrogens is 1. The lowest BCUT2D eigenvalue weighted by atomic mass is 10.0. The third kappa shape index (κ3) is 5.84. The molecule has 0 radical (unpaired) electrons. The van der Waals surface area contributed by atoms with E-state index >= 15 is 0 Å². The molecule has 1 N–H and O–H groups in total. The van der Waals surface area contributed by atoms with Crippen molar-refractivity contribution in [2.75, 3.05) is 42.5 Å². The van der Waals surface area contributed by atoms with Crippen LogP contribution in [-0.4, -0.2) is 63.5 Å². The number of hydrogen-bond acceptors (Lipinski definition) is 8. The Morgan fingerprint density at radius 3 is 2.41 bits per heavy atom. The molecule has 12 heteroatoms. The van der Waals surface area contributed by atoms with E-state index in [0.29, 0.717) is 58.9 Å². The van der Waals surface area contributed by atoms with E-state index in [4.69, 9.17) is 17.3 Å². The van der Waals surface area contributed by atoms with Gasteiger partial charge in [0.1, 0.15) is 27.6 Å². The molecule has 39 heavy (non-hydrogen) atoms. The SMILES string of the molecule is CCn1c(N2CCN(c3ccc(F)cc3)CC2)c(C=C2SC(=S)N(CCCC(=O)O)C2=O)c(C)c(C#N)c1=O. The highest BCUT2D eigenvalue weighted by Gasteiger charge is 2.33. The molecule has 0 saturated carbocycles. The molecular weight excluding hydrogens is 541 g/mol. The zero-order valence-corrected chi connectivity index (χ0v) is 23.3. The minimum absolute atomic E-state index is 0.0220. The van der Waals surface area contributed by atoms with Crippen LogP contribution in [0.25, 0.3) is 6.08 Å². The first-order chi connectivity index (χ1) is 18.7. The first-order valence-electron chi connectivity index (χ1n) is 12.6. The molecule has 1 aromatic heterocycles. The molecule has 1 aromatic carbocycles. The Labute approximate surface area is 235 Å². The molecule has 0 spiro atoms. The van der Waals surface area contributed by atoms with Crippen molar-refractivity contribution >= 4 is 57.8 Å². The second-order valence-electron chi connectivity index (χ2n) is 9.18. The van der Waals surface area contributed by atoms with Crippen LogP contribution in [0.3, 0.4) is 0 Å². The van der Waals surface area contributed by atoms with E-state index in [9.17, 15) is 24.0 Å². The molecule has 9 nitrogen and oxygen atoms in total. The van der Waals surface area contributed by atoms with Crippen molar-refractivity contribution in [3.63, 3.8) is 0 Å². The van der Waals surface area contributed by atoms with Gasteiger partial charge in [-0.05, 0) is 56.2 Å². The molecule has 0 atom stereocenters. The molecule has 2 aromatic rings. The Morgan fingerprint density at radius 2 is 1.82 bits per heavy atom. The highest BCUT2D eigenvalue weighted by molar-refractivity contribution is 8.26. The number of benzene rings is 1. The quantitative estimate of drug-likeness (QED) is 0.377. The Balaban J connectivity index is 1.70. The number of halogens is 1. The summed E-state index contributed by atoms with van der Waals surface area (Å²) in [7, 11) is 0. The number of aliphatic carboxylic acids is 1. The standard InChI is InChI=1S/C27H28FN5O4S2/c1-3-32-24(31-13-11-30(12-14-31)19-8-6-18(28)7-9-19)20(17(2)21(16-29)25(32)36)15-22-26(37)33(27(38)39-22)10-4-5-23(34)35/h6-9,15H,3-5,10-14H2,1-2H3,(H,34,35). The van der Waals surface area contributed by atoms with Crippen LogP contribution in [0, 0.1) is 24.1 Å². The van der Waals surface area contributed by atoms with Crippen molar-refractivity contribution in [3.8, 4) is 6.07 Å². The number of anilines is 2. The number of carboxylic acids is 1. The normalized spacial score (nSPS) is 16.8. The predicted molar refractivity (Wildman–Crippen MR) is 153 cm³/mol. The molecule has 2 aliphatic rings. The van der Waals surface area contributed by atoms with Gasteiger partial charge in [-0.3, -0.25) is 23.9 Å². The van der Waals surface area contributed by atoms with Gasteiger partial charge in [-0.2, -0.15) is 5.26 Å². The first kappa shape index (κ1) is 28.3. The van der Waals surface area contributed by atoms with Gasteiger partial charge < -0.3 is 14.9 Å². The number of carbonyl (C=O) groups excluding carboxylic acids is 1. The summed E-state index contributed by atoms with van der Waals surface area (Å²) in [5, 5.41) is 18.7. The van der Waals surface area contributed by atoms with Crippen molar-refractivity contribution in [3.05, 3.63) is 62.0 Å². The predicted octanol–water partition coefficient (Wildman–Crippen LogP) is 3.58. The molecule has 0 unspecified atom stereocenters. The fourth-order valence-corrected chi connectivity index (χ4v) is 6.11. The van der Waals surface area contributed by atoms with E-state index in [-0.39, 0.29) is 42.2 Å². The molecule has 1 amide bonds. The summed E-state index contributed by atoms with van der Waals surface area (Å²) in [6.45, 7) is 6.47. The number of rotatable bonds is 8. The molecule has 2 aliphatic heterocycles. The maximum absolute atomic E-state index is 13.4. The monoisotopic (exact) mass is 569 g/mol. The Kier molecular flexibility index (Phi) is 8.72. The molecule has 0 bridgehead atoms. The number of carboxylic acid groups (broad SMARTS) is 1. The van der Waals surface area contributed by atoms with Crippen molar-refractivity contribution in [1.29, 1.82) is 5.26 Å². The van der Waals surface area contributed by atoms with E-state index in [1.165, 1.54) is 17.0 Å². The minimum Gasteiger partial charge on any atom is -0.481 e. The smallest absolute Gasteiger partial charge is 0.303 e. The van der Waals surface area contributed by atoms with Crippen molar-refractivity contribution in [1.82, 2.24) is 9.47 Å². The third-order valence-corrected chi connectivity index (χ3v) is 8.23. The number of thiocarbonyl (C=S) groups is 1.